The van der Waals surface area contributed by atoms with Crippen molar-refractivity contribution in [3.05, 3.63) is 0 Å². The second-order valence-electron chi connectivity index (χ2n) is 5.50. The van der Waals surface area contributed by atoms with Gasteiger partial charge < -0.3 is 25.1 Å². The number of hydrogen-bond donors (Lipinski definition) is 3. The molecular formula is C13H24N2O5. The first-order chi connectivity index (χ1) is 9.39. The molecule has 3 N–H and O–H groups in total. The average Bonchev–Trinajstić information content (AvgIpc) is 2.84. The van der Waals surface area contributed by atoms with Gasteiger partial charge in [0.05, 0.1) is 18.6 Å². The fourth-order valence-electron chi connectivity index (χ4n) is 2.63. The number of carbonyl (C=O) groups excluding carboxylic acids is 1. The van der Waals surface area contributed by atoms with Gasteiger partial charge in [-0.25, -0.2) is 4.79 Å². The van der Waals surface area contributed by atoms with Crippen molar-refractivity contribution in [3.8, 4) is 0 Å². The third-order valence-electron chi connectivity index (χ3n) is 4.11. The molecule has 2 amide bonds. The summed E-state index contributed by atoms with van der Waals surface area (Å²) in [4.78, 5) is 26.7. The van der Waals surface area contributed by atoms with Gasteiger partial charge in [0.15, 0.2) is 0 Å². The first-order valence-electron chi connectivity index (χ1n) is 6.88. The largest absolute Gasteiger partial charge is 0.481 e. The van der Waals surface area contributed by atoms with E-state index in [0.717, 1.165) is 0 Å². The summed E-state index contributed by atoms with van der Waals surface area (Å²) in [6, 6.07) is -0.322. The summed E-state index contributed by atoms with van der Waals surface area (Å²) in [5.41, 5.74) is -0.903. The van der Waals surface area contributed by atoms with Gasteiger partial charge in [0.25, 0.3) is 0 Å². The SMILES string of the molecule is CC(C)C1(C(=O)O)CCN(C(=O)N(CCO)CCO)C1. The maximum atomic E-state index is 12.3. The summed E-state index contributed by atoms with van der Waals surface area (Å²) < 4.78 is 0. The molecule has 0 saturated carbocycles. The van der Waals surface area contributed by atoms with E-state index in [9.17, 15) is 14.7 Å². The predicted octanol–water partition coefficient (Wildman–Crippen LogP) is -0.174. The molecule has 0 bridgehead atoms. The van der Waals surface area contributed by atoms with Gasteiger partial charge in [-0.05, 0) is 12.3 Å². The lowest BCUT2D eigenvalue weighted by atomic mass is 9.76. The van der Waals surface area contributed by atoms with Crippen LogP contribution in [0, 0.1) is 11.3 Å². The number of nitrogens with zero attached hydrogens (tertiary/aromatic N) is 2. The number of aliphatic hydroxyl groups excluding tert-OH is 2. The minimum atomic E-state index is -0.903. The highest BCUT2D eigenvalue weighted by atomic mass is 16.4. The Morgan fingerprint density at radius 3 is 2.15 bits per heavy atom. The average molecular weight is 288 g/mol. The standard InChI is InChI=1S/C13H24N2O5/c1-10(2)13(11(18)19)3-4-15(9-13)12(20)14(5-7-16)6-8-17/h10,16-17H,3-9H2,1-2H3,(H,18,19). The van der Waals surface area contributed by atoms with Crippen LogP contribution in [0.25, 0.3) is 0 Å². The third-order valence-corrected chi connectivity index (χ3v) is 4.11. The Morgan fingerprint density at radius 1 is 1.25 bits per heavy atom. The Morgan fingerprint density at radius 2 is 1.80 bits per heavy atom. The fourth-order valence-corrected chi connectivity index (χ4v) is 2.63. The van der Waals surface area contributed by atoms with Crippen LogP contribution in [0.15, 0.2) is 0 Å². The molecule has 7 heteroatoms. The van der Waals surface area contributed by atoms with Crippen molar-refractivity contribution in [2.45, 2.75) is 20.3 Å². The Hall–Kier alpha value is -1.34. The third kappa shape index (κ3) is 3.21. The Labute approximate surface area is 118 Å². The molecule has 0 aromatic heterocycles. The molecule has 0 spiro atoms. The zero-order valence-corrected chi connectivity index (χ0v) is 12.1. The van der Waals surface area contributed by atoms with Crippen molar-refractivity contribution >= 4 is 12.0 Å². The van der Waals surface area contributed by atoms with E-state index >= 15 is 0 Å². The summed E-state index contributed by atoms with van der Waals surface area (Å²) in [6.45, 7) is 4.16. The molecule has 0 aromatic carbocycles. The van der Waals surface area contributed by atoms with Crippen LogP contribution in [0.3, 0.4) is 0 Å². The molecule has 1 fully saturated rings. The molecule has 1 aliphatic rings. The van der Waals surface area contributed by atoms with Gasteiger partial charge in [0.2, 0.25) is 0 Å². The molecule has 1 heterocycles. The van der Waals surface area contributed by atoms with Crippen molar-refractivity contribution in [2.24, 2.45) is 11.3 Å². The van der Waals surface area contributed by atoms with Crippen molar-refractivity contribution in [1.82, 2.24) is 9.80 Å². The molecule has 0 aromatic rings. The number of carboxylic acid groups (broad SMARTS) is 1. The van der Waals surface area contributed by atoms with E-state index in [1.54, 1.807) is 0 Å². The van der Waals surface area contributed by atoms with Crippen molar-refractivity contribution < 1.29 is 24.9 Å². The summed E-state index contributed by atoms with van der Waals surface area (Å²) in [5.74, 6) is -0.944. The number of carboxylic acids is 1. The first kappa shape index (κ1) is 16.7. The van der Waals surface area contributed by atoms with Crippen LogP contribution in [0.1, 0.15) is 20.3 Å². The lowest BCUT2D eigenvalue weighted by Gasteiger charge is -2.31. The maximum Gasteiger partial charge on any atom is 0.320 e. The van der Waals surface area contributed by atoms with E-state index in [1.807, 2.05) is 13.8 Å². The number of amides is 2. The summed E-state index contributed by atoms with van der Waals surface area (Å²) in [5, 5.41) is 27.3. The van der Waals surface area contributed by atoms with Gasteiger partial charge in [-0.1, -0.05) is 13.8 Å². The predicted molar refractivity (Wildman–Crippen MR) is 72.2 cm³/mol. The minimum Gasteiger partial charge on any atom is -0.481 e. The van der Waals surface area contributed by atoms with E-state index in [0.29, 0.717) is 13.0 Å². The Kier molecular flexibility index (Phi) is 5.76. The first-order valence-corrected chi connectivity index (χ1v) is 6.88. The number of aliphatic hydroxyl groups is 2. The number of aliphatic carboxylic acids is 1. The molecule has 7 nitrogen and oxygen atoms in total. The smallest absolute Gasteiger partial charge is 0.320 e. The fraction of sp³-hybridized carbons (Fsp3) is 0.846. The van der Waals surface area contributed by atoms with Crippen LogP contribution in [0.5, 0.6) is 0 Å². The molecule has 0 radical (unpaired) electrons. The van der Waals surface area contributed by atoms with Gasteiger partial charge >= 0.3 is 12.0 Å². The molecule has 0 aliphatic carbocycles. The Bertz CT molecular complexity index is 355. The van der Waals surface area contributed by atoms with Gasteiger partial charge in [0, 0.05) is 26.2 Å². The molecule has 1 rings (SSSR count). The van der Waals surface area contributed by atoms with Crippen LogP contribution < -0.4 is 0 Å². The molecule has 20 heavy (non-hydrogen) atoms. The molecule has 1 unspecified atom stereocenters. The zero-order valence-electron chi connectivity index (χ0n) is 12.1. The molecule has 1 atom stereocenters. The molecule has 1 saturated heterocycles. The van der Waals surface area contributed by atoms with Gasteiger partial charge in [-0.2, -0.15) is 0 Å². The highest BCUT2D eigenvalue weighted by Crippen LogP contribution is 2.38. The number of hydrogen-bond acceptors (Lipinski definition) is 4. The maximum absolute atomic E-state index is 12.3. The van der Waals surface area contributed by atoms with Crippen molar-refractivity contribution in [1.29, 1.82) is 0 Å². The van der Waals surface area contributed by atoms with Gasteiger partial charge in [-0.3, -0.25) is 4.79 Å². The van der Waals surface area contributed by atoms with Crippen LogP contribution >= 0.6 is 0 Å². The quantitative estimate of drug-likeness (QED) is 0.629. The minimum absolute atomic E-state index is 0.0677. The van der Waals surface area contributed by atoms with Gasteiger partial charge in [-0.15, -0.1) is 0 Å². The zero-order chi connectivity index (χ0) is 15.3. The van der Waals surface area contributed by atoms with E-state index in [-0.39, 0.29) is 44.8 Å². The van der Waals surface area contributed by atoms with E-state index in [1.165, 1.54) is 9.80 Å². The summed E-state index contributed by atoms with van der Waals surface area (Å²) in [6.07, 6.45) is 0.428. The lowest BCUT2D eigenvalue weighted by molar-refractivity contribution is -0.150. The topological polar surface area (TPSA) is 101 Å². The van der Waals surface area contributed by atoms with E-state index in [4.69, 9.17) is 10.2 Å². The van der Waals surface area contributed by atoms with Crippen LogP contribution in [-0.2, 0) is 4.79 Å². The number of carbonyl (C=O) groups is 2. The number of urea groups is 1. The second kappa shape index (κ2) is 6.90. The van der Waals surface area contributed by atoms with E-state index < -0.39 is 11.4 Å². The molecule has 116 valence electrons. The number of rotatable bonds is 6. The lowest BCUT2D eigenvalue weighted by Crippen LogP contribution is -2.47. The van der Waals surface area contributed by atoms with Crippen molar-refractivity contribution in [3.63, 3.8) is 0 Å². The Balaban J connectivity index is 2.79. The summed E-state index contributed by atoms with van der Waals surface area (Å²) in [7, 11) is 0. The highest BCUT2D eigenvalue weighted by molar-refractivity contribution is 5.80. The molecular weight excluding hydrogens is 264 g/mol. The van der Waals surface area contributed by atoms with Crippen LogP contribution in [0.2, 0.25) is 0 Å². The monoisotopic (exact) mass is 288 g/mol. The van der Waals surface area contributed by atoms with Crippen LogP contribution in [0.4, 0.5) is 4.79 Å². The normalized spacial score (nSPS) is 22.4. The number of likely N-dealkylation sites (tertiary alicyclic amines) is 1. The highest BCUT2D eigenvalue weighted by Gasteiger charge is 2.49. The van der Waals surface area contributed by atoms with Gasteiger partial charge in [0.1, 0.15) is 0 Å². The molecule has 1 aliphatic heterocycles. The van der Waals surface area contributed by atoms with E-state index in [2.05, 4.69) is 0 Å². The second-order valence-corrected chi connectivity index (χ2v) is 5.50. The summed E-state index contributed by atoms with van der Waals surface area (Å²) >= 11 is 0. The van der Waals surface area contributed by atoms with Crippen molar-refractivity contribution in [2.75, 3.05) is 39.4 Å². The van der Waals surface area contributed by atoms with Crippen LogP contribution in [-0.4, -0.2) is 76.5 Å².